The van der Waals surface area contributed by atoms with Crippen LogP contribution in [0.4, 0.5) is 0 Å². The number of methoxy groups -OCH3 is 2. The van der Waals surface area contributed by atoms with Gasteiger partial charge in [0.1, 0.15) is 0 Å². The van der Waals surface area contributed by atoms with E-state index in [9.17, 15) is 8.42 Å². The summed E-state index contributed by atoms with van der Waals surface area (Å²) < 4.78 is 36.6. The largest absolute Gasteiger partial charge is 0.392 e. The van der Waals surface area contributed by atoms with Crippen LogP contribution in [0.15, 0.2) is 29.2 Å². The monoisotopic (exact) mass is 317 g/mol. The molecule has 0 fully saturated rings. The lowest BCUT2D eigenvalue weighted by molar-refractivity contribution is 0.164. The second kappa shape index (κ2) is 9.11. The predicted octanol–water partition coefficient (Wildman–Crippen LogP) is 0.852. The van der Waals surface area contributed by atoms with E-state index in [0.29, 0.717) is 31.7 Å². The lowest BCUT2D eigenvalue weighted by Crippen LogP contribution is -2.35. The molecular weight excluding hydrogens is 294 g/mol. The third-order valence-electron chi connectivity index (χ3n) is 3.02. The highest BCUT2D eigenvalue weighted by atomic mass is 32.2. The number of aliphatic hydroxyl groups is 1. The number of aliphatic hydroxyl groups excluding tert-OH is 1. The smallest absolute Gasteiger partial charge is 0.243 e. The van der Waals surface area contributed by atoms with Crippen molar-refractivity contribution in [2.45, 2.75) is 17.9 Å². The Hall–Kier alpha value is -0.990. The molecule has 7 heteroatoms. The van der Waals surface area contributed by atoms with Gasteiger partial charge in [-0.15, -0.1) is 0 Å². The normalized spacial score (nSPS) is 12.0. The van der Waals surface area contributed by atoms with Crippen LogP contribution in [0.2, 0.25) is 0 Å². The molecule has 1 aromatic carbocycles. The first-order chi connectivity index (χ1) is 10.1. The summed E-state index contributed by atoms with van der Waals surface area (Å²) in [7, 11) is -0.484. The molecule has 0 saturated carbocycles. The molecule has 6 nitrogen and oxygen atoms in total. The molecule has 1 aromatic rings. The standard InChI is InChI=1S/C14H23NO5S/c1-19-9-4-7-15(8-10-20-2)21(17,18)14-6-3-5-13(11-14)12-16/h3,5-6,11,16H,4,7-10,12H2,1-2H3. The predicted molar refractivity (Wildman–Crippen MR) is 79.5 cm³/mol. The molecule has 0 unspecified atom stereocenters. The molecule has 0 aliphatic rings. The summed E-state index contributed by atoms with van der Waals surface area (Å²) in [5.41, 5.74) is 0.569. The highest BCUT2D eigenvalue weighted by Crippen LogP contribution is 2.17. The minimum Gasteiger partial charge on any atom is -0.392 e. The summed E-state index contributed by atoms with van der Waals surface area (Å²) in [4.78, 5) is 0.183. The van der Waals surface area contributed by atoms with Crippen LogP contribution in [-0.2, 0) is 26.1 Å². The summed E-state index contributed by atoms with van der Waals surface area (Å²) >= 11 is 0. The second-order valence-electron chi connectivity index (χ2n) is 4.55. The van der Waals surface area contributed by atoms with E-state index in [2.05, 4.69) is 0 Å². The van der Waals surface area contributed by atoms with Crippen LogP contribution in [0.5, 0.6) is 0 Å². The lowest BCUT2D eigenvalue weighted by Gasteiger charge is -2.22. The maximum atomic E-state index is 12.6. The molecule has 0 aliphatic heterocycles. The zero-order chi connectivity index (χ0) is 15.7. The summed E-state index contributed by atoms with van der Waals surface area (Å²) in [5, 5.41) is 9.14. The molecule has 0 heterocycles. The van der Waals surface area contributed by atoms with Gasteiger partial charge in [0.05, 0.1) is 18.1 Å². The Morgan fingerprint density at radius 1 is 1.14 bits per heavy atom. The van der Waals surface area contributed by atoms with Crippen LogP contribution in [0.3, 0.4) is 0 Å². The first-order valence-corrected chi connectivity index (χ1v) is 8.18. The average Bonchev–Trinajstić information content (AvgIpc) is 2.50. The third-order valence-corrected chi connectivity index (χ3v) is 4.91. The van der Waals surface area contributed by atoms with Crippen molar-refractivity contribution in [1.82, 2.24) is 4.31 Å². The number of nitrogens with zero attached hydrogens (tertiary/aromatic N) is 1. The fraction of sp³-hybridized carbons (Fsp3) is 0.571. The lowest BCUT2D eigenvalue weighted by atomic mass is 10.2. The topological polar surface area (TPSA) is 76.1 Å². The molecule has 0 aliphatic carbocycles. The maximum Gasteiger partial charge on any atom is 0.243 e. The zero-order valence-corrected chi connectivity index (χ0v) is 13.3. The van der Waals surface area contributed by atoms with Crippen molar-refractivity contribution in [2.24, 2.45) is 0 Å². The van der Waals surface area contributed by atoms with Gasteiger partial charge in [-0.25, -0.2) is 8.42 Å². The summed E-state index contributed by atoms with van der Waals surface area (Å²) in [6.45, 7) is 1.28. The highest BCUT2D eigenvalue weighted by molar-refractivity contribution is 7.89. The average molecular weight is 317 g/mol. The molecule has 21 heavy (non-hydrogen) atoms. The fourth-order valence-corrected chi connectivity index (χ4v) is 3.42. The van der Waals surface area contributed by atoms with Crippen molar-refractivity contribution >= 4 is 10.0 Å². The third kappa shape index (κ3) is 5.37. The van der Waals surface area contributed by atoms with Crippen molar-refractivity contribution in [3.8, 4) is 0 Å². The number of hydrogen-bond donors (Lipinski definition) is 1. The van der Waals surface area contributed by atoms with E-state index >= 15 is 0 Å². The van der Waals surface area contributed by atoms with E-state index in [0.717, 1.165) is 0 Å². The van der Waals surface area contributed by atoms with Crippen molar-refractivity contribution in [3.63, 3.8) is 0 Å². The Kier molecular flexibility index (Phi) is 7.84. The number of rotatable bonds is 10. The molecule has 0 aromatic heterocycles. The number of benzene rings is 1. The first kappa shape index (κ1) is 18.1. The van der Waals surface area contributed by atoms with Crippen LogP contribution < -0.4 is 0 Å². The molecule has 0 saturated heterocycles. The van der Waals surface area contributed by atoms with Gasteiger partial charge in [0.15, 0.2) is 0 Å². The van der Waals surface area contributed by atoms with E-state index < -0.39 is 10.0 Å². The van der Waals surface area contributed by atoms with Gasteiger partial charge in [-0.05, 0) is 24.1 Å². The molecule has 0 atom stereocenters. The minimum atomic E-state index is -3.60. The second-order valence-corrected chi connectivity index (χ2v) is 6.49. The molecule has 1 N–H and O–H groups in total. The molecule has 1 rings (SSSR count). The summed E-state index contributed by atoms with van der Waals surface area (Å²) in [5.74, 6) is 0. The Labute approximate surface area is 126 Å². The Balaban J connectivity index is 2.95. The van der Waals surface area contributed by atoms with E-state index in [-0.39, 0.29) is 18.0 Å². The molecular formula is C14H23NO5S. The number of ether oxygens (including phenoxy) is 2. The van der Waals surface area contributed by atoms with Crippen LogP contribution >= 0.6 is 0 Å². The van der Waals surface area contributed by atoms with Gasteiger partial charge in [0.25, 0.3) is 0 Å². The summed E-state index contributed by atoms with van der Waals surface area (Å²) in [6, 6.07) is 6.33. The van der Waals surface area contributed by atoms with Crippen molar-refractivity contribution < 1.29 is 23.0 Å². The van der Waals surface area contributed by atoms with Gasteiger partial charge >= 0.3 is 0 Å². The Morgan fingerprint density at radius 2 is 1.86 bits per heavy atom. The van der Waals surface area contributed by atoms with Gasteiger partial charge in [0.2, 0.25) is 10.0 Å². The molecule has 0 bridgehead atoms. The van der Waals surface area contributed by atoms with Gasteiger partial charge in [-0.3, -0.25) is 0 Å². The maximum absolute atomic E-state index is 12.6. The van der Waals surface area contributed by atoms with Gasteiger partial charge in [-0.1, -0.05) is 12.1 Å². The molecule has 0 spiro atoms. The van der Waals surface area contributed by atoms with Crippen molar-refractivity contribution in [1.29, 1.82) is 0 Å². The first-order valence-electron chi connectivity index (χ1n) is 6.74. The molecule has 0 radical (unpaired) electrons. The Bertz CT molecular complexity index is 518. The van der Waals surface area contributed by atoms with Crippen LogP contribution in [0.1, 0.15) is 12.0 Å². The highest BCUT2D eigenvalue weighted by Gasteiger charge is 2.24. The molecule has 0 amide bonds. The fourth-order valence-electron chi connectivity index (χ4n) is 1.88. The van der Waals surface area contributed by atoms with E-state index in [1.54, 1.807) is 19.2 Å². The summed E-state index contributed by atoms with van der Waals surface area (Å²) in [6.07, 6.45) is 0.610. The quantitative estimate of drug-likeness (QED) is 0.648. The van der Waals surface area contributed by atoms with E-state index in [4.69, 9.17) is 14.6 Å². The minimum absolute atomic E-state index is 0.183. The van der Waals surface area contributed by atoms with Crippen LogP contribution in [0.25, 0.3) is 0 Å². The van der Waals surface area contributed by atoms with Gasteiger partial charge < -0.3 is 14.6 Å². The van der Waals surface area contributed by atoms with E-state index in [1.807, 2.05) is 0 Å². The van der Waals surface area contributed by atoms with Crippen LogP contribution in [0, 0.1) is 0 Å². The number of sulfonamides is 1. The van der Waals surface area contributed by atoms with E-state index in [1.165, 1.54) is 23.5 Å². The number of hydrogen-bond acceptors (Lipinski definition) is 5. The van der Waals surface area contributed by atoms with Gasteiger partial charge in [-0.2, -0.15) is 4.31 Å². The van der Waals surface area contributed by atoms with Crippen molar-refractivity contribution in [2.75, 3.05) is 40.5 Å². The Morgan fingerprint density at radius 3 is 2.48 bits per heavy atom. The van der Waals surface area contributed by atoms with Crippen molar-refractivity contribution in [3.05, 3.63) is 29.8 Å². The van der Waals surface area contributed by atoms with Gasteiger partial charge in [0, 0.05) is 33.9 Å². The van der Waals surface area contributed by atoms with Crippen LogP contribution in [-0.4, -0.2) is 58.4 Å². The molecule has 120 valence electrons. The zero-order valence-electron chi connectivity index (χ0n) is 12.5. The SMILES string of the molecule is COCCCN(CCOC)S(=O)(=O)c1cccc(CO)c1.